The summed E-state index contributed by atoms with van der Waals surface area (Å²) in [5.74, 6) is -1.12. The van der Waals surface area contributed by atoms with Crippen molar-refractivity contribution >= 4 is 15.2 Å². The molecule has 0 aromatic carbocycles. The van der Waals surface area contributed by atoms with Gasteiger partial charge in [-0.05, 0) is 31.1 Å². The van der Waals surface area contributed by atoms with Crippen LogP contribution in [0.5, 0.6) is 0 Å². The van der Waals surface area contributed by atoms with Gasteiger partial charge in [0.1, 0.15) is 0 Å². The fraction of sp³-hybridized carbons (Fsp3) is 1.00. The van der Waals surface area contributed by atoms with Crippen LogP contribution in [0.3, 0.4) is 0 Å². The molecule has 2 fully saturated rings. The van der Waals surface area contributed by atoms with Crippen LogP contribution in [0.2, 0.25) is 0 Å². The lowest BCUT2D eigenvalue weighted by Gasteiger charge is -2.44. The zero-order chi connectivity index (χ0) is 14.9. The highest BCUT2D eigenvalue weighted by Crippen LogP contribution is 2.56. The maximum atomic E-state index is 11.8. The molecule has 0 bridgehead atoms. The van der Waals surface area contributed by atoms with Gasteiger partial charge in [-0.15, -0.1) is 0 Å². The van der Waals surface area contributed by atoms with Crippen LogP contribution in [0.1, 0.15) is 44.9 Å². The molecule has 1 atom stereocenters. The Kier molecular flexibility index (Phi) is 5.13. The van der Waals surface area contributed by atoms with Crippen molar-refractivity contribution in [2.24, 2.45) is 5.41 Å². The number of nitrogens with zero attached hydrogens (tertiary/aromatic N) is 1. The number of hydrogen-bond donors (Lipinski definition) is 3. The minimum absolute atomic E-state index is 0.151. The van der Waals surface area contributed by atoms with E-state index in [1.54, 1.807) is 0 Å². The Labute approximate surface area is 119 Å². The molecule has 1 unspecified atom stereocenters. The predicted molar refractivity (Wildman–Crippen MR) is 74.1 cm³/mol. The standard InChI is InChI=1S/C11H23NO6P2/c13-19(14,15)10-20(16,17)18-12-8-4-7-11(9-12)5-2-1-3-6-11/h1-10H2,(H,16,17)(H2,13,14,15). The third kappa shape index (κ3) is 4.92. The summed E-state index contributed by atoms with van der Waals surface area (Å²) in [4.78, 5) is 27.2. The molecular weight excluding hydrogens is 304 g/mol. The molecule has 1 saturated heterocycles. The van der Waals surface area contributed by atoms with Gasteiger partial charge in [-0.2, -0.15) is 5.06 Å². The van der Waals surface area contributed by atoms with Gasteiger partial charge in [0, 0.05) is 13.1 Å². The molecular formula is C11H23NO6P2. The van der Waals surface area contributed by atoms with Crippen LogP contribution in [0.4, 0.5) is 0 Å². The van der Waals surface area contributed by atoms with Crippen LogP contribution in [0, 0.1) is 5.41 Å². The SMILES string of the molecule is O=P(O)(O)CP(=O)(O)ON1CCCC2(CCCCC2)C1. The average Bonchev–Trinajstić information content (AvgIpc) is 2.25. The summed E-state index contributed by atoms with van der Waals surface area (Å²) >= 11 is 0. The monoisotopic (exact) mass is 327 g/mol. The summed E-state index contributed by atoms with van der Waals surface area (Å²) < 4.78 is 27.7. The van der Waals surface area contributed by atoms with E-state index < -0.39 is 21.1 Å². The molecule has 1 aliphatic heterocycles. The molecule has 3 N–H and O–H groups in total. The lowest BCUT2D eigenvalue weighted by molar-refractivity contribution is -0.124. The topological polar surface area (TPSA) is 107 Å². The van der Waals surface area contributed by atoms with Gasteiger partial charge < -0.3 is 14.7 Å². The second-order valence-electron chi connectivity index (χ2n) is 6.05. The van der Waals surface area contributed by atoms with Gasteiger partial charge in [0.25, 0.3) is 0 Å². The summed E-state index contributed by atoms with van der Waals surface area (Å²) in [6, 6.07) is 0. The first-order chi connectivity index (χ1) is 9.20. The van der Waals surface area contributed by atoms with Gasteiger partial charge in [0.15, 0.2) is 5.90 Å². The van der Waals surface area contributed by atoms with E-state index in [1.807, 2.05) is 0 Å². The second kappa shape index (κ2) is 6.17. The van der Waals surface area contributed by atoms with Gasteiger partial charge in [-0.25, -0.2) is 4.62 Å². The van der Waals surface area contributed by atoms with Crippen molar-refractivity contribution in [3.63, 3.8) is 0 Å². The molecule has 118 valence electrons. The van der Waals surface area contributed by atoms with Crippen molar-refractivity contribution in [3.05, 3.63) is 0 Å². The third-order valence-corrected chi connectivity index (χ3v) is 7.54. The fourth-order valence-corrected chi connectivity index (χ4v) is 5.95. The number of rotatable bonds is 4. The molecule has 0 amide bonds. The van der Waals surface area contributed by atoms with Crippen molar-refractivity contribution in [2.45, 2.75) is 44.9 Å². The molecule has 1 aliphatic carbocycles. The van der Waals surface area contributed by atoms with E-state index in [2.05, 4.69) is 0 Å². The van der Waals surface area contributed by atoms with E-state index in [1.165, 1.54) is 24.3 Å². The summed E-state index contributed by atoms with van der Waals surface area (Å²) in [5.41, 5.74) is 0.151. The lowest BCUT2D eigenvalue weighted by atomic mass is 9.70. The Hall–Kier alpha value is 0.260. The number of piperidine rings is 1. The summed E-state index contributed by atoms with van der Waals surface area (Å²) in [6.07, 6.45) is 7.76. The number of hydroxylamine groups is 2. The average molecular weight is 327 g/mol. The molecule has 0 radical (unpaired) electrons. The first-order valence-electron chi connectivity index (χ1n) is 7.01. The van der Waals surface area contributed by atoms with Crippen molar-refractivity contribution in [2.75, 3.05) is 19.0 Å². The zero-order valence-corrected chi connectivity index (χ0v) is 13.3. The predicted octanol–water partition coefficient (Wildman–Crippen LogP) is 2.28. The van der Waals surface area contributed by atoms with E-state index in [0.29, 0.717) is 13.1 Å². The van der Waals surface area contributed by atoms with Crippen molar-refractivity contribution in [1.29, 1.82) is 0 Å². The maximum Gasteiger partial charge on any atom is 0.356 e. The van der Waals surface area contributed by atoms with E-state index >= 15 is 0 Å². The molecule has 9 heteroatoms. The normalized spacial score (nSPS) is 27.4. The van der Waals surface area contributed by atoms with E-state index in [4.69, 9.17) is 14.4 Å². The number of hydrogen-bond acceptors (Lipinski definition) is 4. The van der Waals surface area contributed by atoms with Crippen LogP contribution in [-0.2, 0) is 13.8 Å². The van der Waals surface area contributed by atoms with Gasteiger partial charge in [-0.3, -0.25) is 9.13 Å². The highest BCUT2D eigenvalue weighted by Gasteiger charge is 2.40. The Morgan fingerprint density at radius 1 is 1.00 bits per heavy atom. The van der Waals surface area contributed by atoms with Gasteiger partial charge in [0.05, 0.1) is 0 Å². The fourth-order valence-electron chi connectivity index (χ4n) is 3.38. The molecule has 20 heavy (non-hydrogen) atoms. The van der Waals surface area contributed by atoms with Crippen LogP contribution >= 0.6 is 15.2 Å². The third-order valence-electron chi connectivity index (χ3n) is 4.15. The highest BCUT2D eigenvalue weighted by molar-refractivity contribution is 7.69. The molecule has 2 rings (SSSR count). The van der Waals surface area contributed by atoms with Crippen molar-refractivity contribution in [3.8, 4) is 0 Å². The van der Waals surface area contributed by atoms with Crippen LogP contribution < -0.4 is 0 Å². The lowest BCUT2D eigenvalue weighted by Crippen LogP contribution is -2.43. The van der Waals surface area contributed by atoms with E-state index in [0.717, 1.165) is 25.7 Å². The Bertz CT molecular complexity index is 425. The van der Waals surface area contributed by atoms with E-state index in [-0.39, 0.29) is 5.41 Å². The first-order valence-corrected chi connectivity index (χ1v) is 10.6. The molecule has 0 aromatic rings. The van der Waals surface area contributed by atoms with Crippen LogP contribution in [0.25, 0.3) is 0 Å². The smallest absolute Gasteiger partial charge is 0.324 e. The summed E-state index contributed by atoms with van der Waals surface area (Å²) in [5, 5.41) is 1.45. The van der Waals surface area contributed by atoms with E-state index in [9.17, 15) is 14.0 Å². The quantitative estimate of drug-likeness (QED) is 0.680. The van der Waals surface area contributed by atoms with Gasteiger partial charge in [-0.1, -0.05) is 19.3 Å². The summed E-state index contributed by atoms with van der Waals surface area (Å²) in [7, 11) is -8.85. The Morgan fingerprint density at radius 3 is 2.20 bits per heavy atom. The molecule has 1 spiro atoms. The second-order valence-corrected chi connectivity index (χ2v) is 9.95. The Morgan fingerprint density at radius 2 is 1.60 bits per heavy atom. The summed E-state index contributed by atoms with van der Waals surface area (Å²) in [6.45, 7) is 1.12. The van der Waals surface area contributed by atoms with Gasteiger partial charge in [0.2, 0.25) is 0 Å². The first kappa shape index (κ1) is 16.6. The Balaban J connectivity index is 1.95. The van der Waals surface area contributed by atoms with Gasteiger partial charge >= 0.3 is 15.2 Å². The van der Waals surface area contributed by atoms with Crippen LogP contribution in [0.15, 0.2) is 0 Å². The largest absolute Gasteiger partial charge is 0.356 e. The van der Waals surface area contributed by atoms with Crippen molar-refractivity contribution < 1.29 is 28.4 Å². The minimum atomic E-state index is -4.56. The van der Waals surface area contributed by atoms with Crippen molar-refractivity contribution in [1.82, 2.24) is 5.06 Å². The molecule has 1 heterocycles. The molecule has 7 nitrogen and oxygen atoms in total. The maximum absolute atomic E-state index is 11.8. The molecule has 2 aliphatic rings. The molecule has 0 aromatic heterocycles. The highest BCUT2D eigenvalue weighted by atomic mass is 31.2. The minimum Gasteiger partial charge on any atom is -0.324 e. The molecule has 1 saturated carbocycles. The van der Waals surface area contributed by atoms with Crippen LogP contribution in [-0.4, -0.2) is 38.7 Å². The zero-order valence-electron chi connectivity index (χ0n) is 11.5.